The fourth-order valence-electron chi connectivity index (χ4n) is 1.71. The highest BCUT2D eigenvalue weighted by Gasteiger charge is 2.12. The second-order valence-electron chi connectivity index (χ2n) is 4.11. The second kappa shape index (κ2) is 7.21. The average molecular weight is 200 g/mol. The topological polar surface area (TPSA) is 15.7 Å². The van der Waals surface area contributed by atoms with Crippen molar-refractivity contribution >= 4 is 0 Å². The summed E-state index contributed by atoms with van der Waals surface area (Å²) in [7, 11) is 2.20. The lowest BCUT2D eigenvalue weighted by Gasteiger charge is -2.32. The highest BCUT2D eigenvalue weighted by molar-refractivity contribution is 4.68. The number of likely N-dealkylation sites (N-methyl/N-ethyl adjacent to an activating group) is 1. The van der Waals surface area contributed by atoms with E-state index in [0.717, 1.165) is 19.6 Å². The van der Waals surface area contributed by atoms with Crippen LogP contribution < -0.4 is 0 Å². The first kappa shape index (κ1) is 12.0. The molecule has 0 saturated carbocycles. The molecule has 1 aliphatic rings. The number of ether oxygens (including phenoxy) is 1. The van der Waals surface area contributed by atoms with Gasteiger partial charge >= 0.3 is 0 Å². The Labute approximate surface area is 88.0 Å². The first-order chi connectivity index (χ1) is 6.83. The first-order valence-corrected chi connectivity index (χ1v) is 5.81. The van der Waals surface area contributed by atoms with Crippen LogP contribution in [0.5, 0.6) is 0 Å². The molecule has 0 spiro atoms. The molecule has 14 heavy (non-hydrogen) atoms. The molecule has 0 bridgehead atoms. The fraction of sp³-hybridized carbons (Fsp3) is 1.00. The summed E-state index contributed by atoms with van der Waals surface area (Å²) in [5, 5.41) is 0. The molecule has 3 nitrogen and oxygen atoms in total. The average Bonchev–Trinajstić information content (AvgIpc) is 2.21. The monoisotopic (exact) mass is 200 g/mol. The zero-order chi connectivity index (χ0) is 10.2. The fourth-order valence-corrected chi connectivity index (χ4v) is 1.71. The van der Waals surface area contributed by atoms with Crippen LogP contribution in [0.3, 0.4) is 0 Å². The Morgan fingerprint density at radius 2 is 1.79 bits per heavy atom. The molecule has 1 heterocycles. The van der Waals surface area contributed by atoms with E-state index in [1.165, 1.54) is 39.1 Å². The minimum Gasteiger partial charge on any atom is -0.381 e. The van der Waals surface area contributed by atoms with Gasteiger partial charge in [-0.3, -0.25) is 0 Å². The third kappa shape index (κ3) is 4.94. The van der Waals surface area contributed by atoms with Crippen LogP contribution in [0.15, 0.2) is 0 Å². The zero-order valence-electron chi connectivity index (χ0n) is 9.67. The van der Waals surface area contributed by atoms with Crippen molar-refractivity contribution < 1.29 is 4.74 Å². The summed E-state index contributed by atoms with van der Waals surface area (Å²) >= 11 is 0. The number of hydrogen-bond donors (Lipinski definition) is 0. The molecule has 1 rings (SSSR count). The zero-order valence-corrected chi connectivity index (χ0v) is 9.67. The number of hydrogen-bond acceptors (Lipinski definition) is 3. The Morgan fingerprint density at radius 1 is 1.07 bits per heavy atom. The standard InChI is InChI=1S/C11H24N2O/c1-3-10-14-11-4-5-13-8-6-12(2)7-9-13/h3-11H2,1-2H3. The number of piperazine rings is 1. The second-order valence-corrected chi connectivity index (χ2v) is 4.11. The molecular weight excluding hydrogens is 176 g/mol. The van der Waals surface area contributed by atoms with E-state index in [0.29, 0.717) is 0 Å². The highest BCUT2D eigenvalue weighted by Crippen LogP contribution is 2.00. The van der Waals surface area contributed by atoms with E-state index in [1.54, 1.807) is 0 Å². The van der Waals surface area contributed by atoms with E-state index in [1.807, 2.05) is 0 Å². The van der Waals surface area contributed by atoms with Gasteiger partial charge in [-0.2, -0.15) is 0 Å². The molecule has 0 aliphatic carbocycles. The van der Waals surface area contributed by atoms with E-state index in [-0.39, 0.29) is 0 Å². The van der Waals surface area contributed by atoms with Crippen molar-refractivity contribution in [3.63, 3.8) is 0 Å². The maximum Gasteiger partial charge on any atom is 0.0478 e. The van der Waals surface area contributed by atoms with Crippen molar-refractivity contribution in [2.75, 3.05) is 53.0 Å². The Morgan fingerprint density at radius 3 is 2.43 bits per heavy atom. The molecule has 0 unspecified atom stereocenters. The molecule has 0 radical (unpaired) electrons. The van der Waals surface area contributed by atoms with Crippen LogP contribution >= 0.6 is 0 Å². The van der Waals surface area contributed by atoms with Gasteiger partial charge in [-0.05, 0) is 19.9 Å². The molecule has 0 aromatic heterocycles. The van der Waals surface area contributed by atoms with Gasteiger partial charge in [0.2, 0.25) is 0 Å². The normalized spacial score (nSPS) is 20.1. The molecule has 3 heteroatoms. The van der Waals surface area contributed by atoms with Crippen molar-refractivity contribution in [3.05, 3.63) is 0 Å². The lowest BCUT2D eigenvalue weighted by molar-refractivity contribution is 0.106. The Bertz CT molecular complexity index is 133. The molecule has 0 N–H and O–H groups in total. The van der Waals surface area contributed by atoms with Crippen molar-refractivity contribution in [1.29, 1.82) is 0 Å². The Balaban J connectivity index is 1.91. The minimum atomic E-state index is 0.919. The molecule has 0 amide bonds. The predicted molar refractivity (Wildman–Crippen MR) is 59.7 cm³/mol. The van der Waals surface area contributed by atoms with Crippen LogP contribution in [0.1, 0.15) is 19.8 Å². The van der Waals surface area contributed by atoms with Gasteiger partial charge in [-0.1, -0.05) is 6.92 Å². The van der Waals surface area contributed by atoms with E-state index >= 15 is 0 Å². The van der Waals surface area contributed by atoms with E-state index in [2.05, 4.69) is 23.8 Å². The van der Waals surface area contributed by atoms with Crippen LogP contribution in [-0.4, -0.2) is 62.8 Å². The largest absolute Gasteiger partial charge is 0.381 e. The summed E-state index contributed by atoms with van der Waals surface area (Å²) in [5.41, 5.74) is 0. The van der Waals surface area contributed by atoms with Gasteiger partial charge in [0.25, 0.3) is 0 Å². The van der Waals surface area contributed by atoms with Gasteiger partial charge in [0.15, 0.2) is 0 Å². The van der Waals surface area contributed by atoms with Crippen LogP contribution in [0.4, 0.5) is 0 Å². The first-order valence-electron chi connectivity index (χ1n) is 5.81. The van der Waals surface area contributed by atoms with Crippen molar-refractivity contribution in [1.82, 2.24) is 9.80 Å². The summed E-state index contributed by atoms with van der Waals surface area (Å²) in [6.45, 7) is 10.1. The third-order valence-electron chi connectivity index (χ3n) is 2.71. The predicted octanol–water partition coefficient (Wildman–Crippen LogP) is 1.05. The van der Waals surface area contributed by atoms with E-state index in [4.69, 9.17) is 4.74 Å². The molecular formula is C11H24N2O. The lowest BCUT2D eigenvalue weighted by atomic mass is 10.3. The molecule has 0 aromatic rings. The quantitative estimate of drug-likeness (QED) is 0.596. The van der Waals surface area contributed by atoms with Crippen LogP contribution in [0, 0.1) is 0 Å². The van der Waals surface area contributed by atoms with Gasteiger partial charge in [0.05, 0.1) is 0 Å². The molecule has 1 fully saturated rings. The molecule has 0 aromatic carbocycles. The van der Waals surface area contributed by atoms with Gasteiger partial charge in [-0.15, -0.1) is 0 Å². The van der Waals surface area contributed by atoms with Gasteiger partial charge in [0.1, 0.15) is 0 Å². The maximum absolute atomic E-state index is 5.46. The van der Waals surface area contributed by atoms with Crippen LogP contribution in [0.25, 0.3) is 0 Å². The highest BCUT2D eigenvalue weighted by atomic mass is 16.5. The Hall–Kier alpha value is -0.120. The van der Waals surface area contributed by atoms with E-state index < -0.39 is 0 Å². The lowest BCUT2D eigenvalue weighted by Crippen LogP contribution is -2.44. The van der Waals surface area contributed by atoms with Gasteiger partial charge in [0, 0.05) is 45.9 Å². The number of rotatable bonds is 6. The Kier molecular flexibility index (Phi) is 6.15. The van der Waals surface area contributed by atoms with Crippen molar-refractivity contribution in [3.8, 4) is 0 Å². The van der Waals surface area contributed by atoms with Crippen LogP contribution in [0.2, 0.25) is 0 Å². The van der Waals surface area contributed by atoms with E-state index in [9.17, 15) is 0 Å². The van der Waals surface area contributed by atoms with Crippen LogP contribution in [-0.2, 0) is 4.74 Å². The molecule has 0 atom stereocenters. The molecule has 84 valence electrons. The van der Waals surface area contributed by atoms with Gasteiger partial charge < -0.3 is 14.5 Å². The maximum atomic E-state index is 5.46. The minimum absolute atomic E-state index is 0.919. The SMILES string of the molecule is CCCOCCCN1CCN(C)CC1. The summed E-state index contributed by atoms with van der Waals surface area (Å²) in [6.07, 6.45) is 2.32. The summed E-state index contributed by atoms with van der Waals surface area (Å²) in [5.74, 6) is 0. The summed E-state index contributed by atoms with van der Waals surface area (Å²) < 4.78 is 5.46. The molecule has 1 saturated heterocycles. The molecule has 1 aliphatic heterocycles. The summed E-state index contributed by atoms with van der Waals surface area (Å²) in [6, 6.07) is 0. The van der Waals surface area contributed by atoms with Gasteiger partial charge in [-0.25, -0.2) is 0 Å². The van der Waals surface area contributed by atoms with Crippen molar-refractivity contribution in [2.24, 2.45) is 0 Å². The number of nitrogens with zero attached hydrogens (tertiary/aromatic N) is 2. The summed E-state index contributed by atoms with van der Waals surface area (Å²) in [4.78, 5) is 4.93. The smallest absolute Gasteiger partial charge is 0.0478 e. The van der Waals surface area contributed by atoms with Crippen molar-refractivity contribution in [2.45, 2.75) is 19.8 Å². The third-order valence-corrected chi connectivity index (χ3v) is 2.71.